The molecule has 1 amide bonds. The van der Waals surface area contributed by atoms with E-state index < -0.39 is 0 Å². The first-order valence-electron chi connectivity index (χ1n) is 8.43. The van der Waals surface area contributed by atoms with Gasteiger partial charge < -0.3 is 4.90 Å². The molecule has 1 aliphatic carbocycles. The third kappa shape index (κ3) is 3.22. The predicted octanol–water partition coefficient (Wildman–Crippen LogP) is 4.65. The maximum Gasteiger partial charge on any atom is 0.274 e. The average Bonchev–Trinajstić information content (AvgIpc) is 3.47. The minimum atomic E-state index is -0.0665. The van der Waals surface area contributed by atoms with Crippen LogP contribution in [-0.2, 0) is 0 Å². The Morgan fingerprint density at radius 3 is 2.48 bits per heavy atom. The number of benzene rings is 2. The van der Waals surface area contributed by atoms with Crippen molar-refractivity contribution in [2.24, 2.45) is 0 Å². The van der Waals surface area contributed by atoms with Gasteiger partial charge in [0.1, 0.15) is 5.69 Å². The molecule has 5 heteroatoms. The smallest absolute Gasteiger partial charge is 0.274 e. The van der Waals surface area contributed by atoms with Crippen molar-refractivity contribution in [1.82, 2.24) is 14.9 Å². The molecule has 4 nitrogen and oxygen atoms in total. The van der Waals surface area contributed by atoms with Crippen LogP contribution in [0.2, 0.25) is 5.02 Å². The van der Waals surface area contributed by atoms with Gasteiger partial charge in [0.25, 0.3) is 5.91 Å². The van der Waals surface area contributed by atoms with Crippen LogP contribution in [0.5, 0.6) is 0 Å². The van der Waals surface area contributed by atoms with E-state index in [1.54, 1.807) is 6.20 Å². The molecule has 1 heterocycles. The van der Waals surface area contributed by atoms with Gasteiger partial charge in [0, 0.05) is 11.1 Å². The fraction of sp³-hybridized carbons (Fsp3) is 0.250. The maximum absolute atomic E-state index is 13.1. The molecule has 1 fully saturated rings. The molecule has 2 aromatic carbocycles. The van der Waals surface area contributed by atoms with Gasteiger partial charge in [-0.15, -0.1) is 0 Å². The largest absolute Gasteiger partial charge is 0.328 e. The molecular weight excluding hydrogens is 334 g/mol. The molecule has 1 atom stereocenters. The zero-order valence-corrected chi connectivity index (χ0v) is 14.6. The van der Waals surface area contributed by atoms with E-state index in [4.69, 9.17) is 11.6 Å². The Balaban J connectivity index is 1.67. The summed E-state index contributed by atoms with van der Waals surface area (Å²) in [6.45, 7) is 2.05. The van der Waals surface area contributed by atoms with Gasteiger partial charge >= 0.3 is 0 Å². The van der Waals surface area contributed by atoms with Crippen LogP contribution in [0, 0.1) is 0 Å². The van der Waals surface area contributed by atoms with Gasteiger partial charge in [-0.25, -0.2) is 4.98 Å². The SMILES string of the molecule is CC(c1ccc(Cl)cc1)N(C(=O)c1cnc2ccccc2n1)C1CC1. The summed E-state index contributed by atoms with van der Waals surface area (Å²) >= 11 is 5.99. The molecule has 0 radical (unpaired) electrons. The highest BCUT2D eigenvalue weighted by Gasteiger charge is 2.37. The standard InChI is InChI=1S/C20H18ClN3O/c1-13(14-6-8-15(21)9-7-14)24(16-10-11-16)20(25)19-12-22-17-4-2-3-5-18(17)23-19/h2-9,12-13,16H,10-11H2,1H3. The molecule has 126 valence electrons. The quantitative estimate of drug-likeness (QED) is 0.687. The number of rotatable bonds is 4. The summed E-state index contributed by atoms with van der Waals surface area (Å²) < 4.78 is 0. The van der Waals surface area contributed by atoms with Gasteiger partial charge in [-0.3, -0.25) is 9.78 Å². The Morgan fingerprint density at radius 1 is 1.12 bits per heavy atom. The molecule has 0 aliphatic heterocycles. The van der Waals surface area contributed by atoms with Crippen LogP contribution in [-0.4, -0.2) is 26.8 Å². The molecule has 1 aliphatic rings. The molecule has 1 saturated carbocycles. The van der Waals surface area contributed by atoms with E-state index in [9.17, 15) is 4.79 Å². The van der Waals surface area contributed by atoms with Crippen LogP contribution in [0.4, 0.5) is 0 Å². The minimum Gasteiger partial charge on any atom is -0.328 e. The minimum absolute atomic E-state index is 0.0365. The van der Waals surface area contributed by atoms with Crippen LogP contribution in [0.3, 0.4) is 0 Å². The molecule has 1 unspecified atom stereocenters. The zero-order valence-electron chi connectivity index (χ0n) is 13.9. The van der Waals surface area contributed by atoms with Crippen LogP contribution in [0.25, 0.3) is 11.0 Å². The lowest BCUT2D eigenvalue weighted by molar-refractivity contribution is 0.0668. The second-order valence-electron chi connectivity index (χ2n) is 6.42. The number of amides is 1. The first-order valence-corrected chi connectivity index (χ1v) is 8.81. The first kappa shape index (κ1) is 16.0. The fourth-order valence-electron chi connectivity index (χ4n) is 3.11. The molecule has 0 saturated heterocycles. The molecular formula is C20H18ClN3O. The highest BCUT2D eigenvalue weighted by molar-refractivity contribution is 6.30. The van der Waals surface area contributed by atoms with Crippen molar-refractivity contribution >= 4 is 28.5 Å². The van der Waals surface area contributed by atoms with Crippen LogP contribution < -0.4 is 0 Å². The van der Waals surface area contributed by atoms with E-state index in [0.717, 1.165) is 29.4 Å². The molecule has 25 heavy (non-hydrogen) atoms. The topological polar surface area (TPSA) is 46.1 Å². The highest BCUT2D eigenvalue weighted by atomic mass is 35.5. The van der Waals surface area contributed by atoms with Gasteiger partial charge in [-0.05, 0) is 49.6 Å². The van der Waals surface area contributed by atoms with Gasteiger partial charge in [0.2, 0.25) is 0 Å². The number of fused-ring (bicyclic) bond motifs is 1. The summed E-state index contributed by atoms with van der Waals surface area (Å²) in [6.07, 6.45) is 3.64. The summed E-state index contributed by atoms with van der Waals surface area (Å²) in [5.41, 5.74) is 3.00. The molecule has 4 rings (SSSR count). The van der Waals surface area contributed by atoms with E-state index in [0.29, 0.717) is 10.7 Å². The molecule has 0 bridgehead atoms. The number of carbonyl (C=O) groups excluding carboxylic acids is 1. The third-order valence-corrected chi connectivity index (χ3v) is 4.86. The fourth-order valence-corrected chi connectivity index (χ4v) is 3.23. The van der Waals surface area contributed by atoms with Crippen molar-refractivity contribution in [3.63, 3.8) is 0 Å². The van der Waals surface area contributed by atoms with Crippen LogP contribution in [0.1, 0.15) is 41.9 Å². The normalized spacial score (nSPS) is 15.1. The van der Waals surface area contributed by atoms with Crippen LogP contribution >= 0.6 is 11.6 Å². The number of para-hydroxylation sites is 2. The highest BCUT2D eigenvalue weighted by Crippen LogP contribution is 2.35. The van der Waals surface area contributed by atoms with E-state index >= 15 is 0 Å². The van der Waals surface area contributed by atoms with E-state index in [2.05, 4.69) is 9.97 Å². The van der Waals surface area contributed by atoms with Gasteiger partial charge in [-0.2, -0.15) is 0 Å². The average molecular weight is 352 g/mol. The lowest BCUT2D eigenvalue weighted by Crippen LogP contribution is -2.36. The number of halogens is 1. The lowest BCUT2D eigenvalue weighted by atomic mass is 10.1. The summed E-state index contributed by atoms with van der Waals surface area (Å²) in [5, 5.41) is 0.695. The maximum atomic E-state index is 13.1. The number of nitrogens with zero attached hydrogens (tertiary/aromatic N) is 3. The molecule has 0 spiro atoms. The molecule has 1 aromatic heterocycles. The van der Waals surface area contributed by atoms with Crippen LogP contribution in [0.15, 0.2) is 54.7 Å². The van der Waals surface area contributed by atoms with E-state index in [-0.39, 0.29) is 18.0 Å². The second kappa shape index (κ2) is 6.45. The third-order valence-electron chi connectivity index (χ3n) is 4.61. The van der Waals surface area contributed by atoms with Gasteiger partial charge in [0.15, 0.2) is 0 Å². The number of carbonyl (C=O) groups is 1. The monoisotopic (exact) mass is 351 g/mol. The Labute approximate surface area is 151 Å². The summed E-state index contributed by atoms with van der Waals surface area (Å²) in [7, 11) is 0. The van der Waals surface area contributed by atoms with Crippen molar-refractivity contribution < 1.29 is 4.79 Å². The van der Waals surface area contributed by atoms with Crippen molar-refractivity contribution in [3.8, 4) is 0 Å². The van der Waals surface area contributed by atoms with E-state index in [1.165, 1.54) is 0 Å². The van der Waals surface area contributed by atoms with Crippen molar-refractivity contribution in [2.45, 2.75) is 31.8 Å². The summed E-state index contributed by atoms with van der Waals surface area (Å²) in [6, 6.07) is 15.5. The number of hydrogen-bond acceptors (Lipinski definition) is 3. The number of hydrogen-bond donors (Lipinski definition) is 0. The van der Waals surface area contributed by atoms with Gasteiger partial charge in [0.05, 0.1) is 23.3 Å². The molecule has 0 N–H and O–H groups in total. The summed E-state index contributed by atoms with van der Waals surface area (Å²) in [4.78, 5) is 24.0. The lowest BCUT2D eigenvalue weighted by Gasteiger charge is -2.29. The zero-order chi connectivity index (χ0) is 17.4. The van der Waals surface area contributed by atoms with Crippen molar-refractivity contribution in [1.29, 1.82) is 0 Å². The van der Waals surface area contributed by atoms with Gasteiger partial charge in [-0.1, -0.05) is 35.9 Å². The second-order valence-corrected chi connectivity index (χ2v) is 6.85. The van der Waals surface area contributed by atoms with Crippen molar-refractivity contribution in [3.05, 3.63) is 71.0 Å². The first-order chi connectivity index (χ1) is 12.1. The Hall–Kier alpha value is -2.46. The number of aromatic nitrogens is 2. The Bertz CT molecular complexity index is 922. The van der Waals surface area contributed by atoms with Crippen molar-refractivity contribution in [2.75, 3.05) is 0 Å². The molecule has 3 aromatic rings. The summed E-state index contributed by atoms with van der Waals surface area (Å²) in [5.74, 6) is -0.0665. The predicted molar refractivity (Wildman–Crippen MR) is 98.6 cm³/mol. The van der Waals surface area contributed by atoms with E-state index in [1.807, 2.05) is 60.4 Å². The Morgan fingerprint density at radius 2 is 1.80 bits per heavy atom. The Kier molecular flexibility index (Phi) is 4.14.